The van der Waals surface area contributed by atoms with E-state index in [1.807, 2.05) is 4.90 Å². The van der Waals surface area contributed by atoms with Crippen LogP contribution in [0, 0.1) is 6.92 Å². The second kappa shape index (κ2) is 8.65. The van der Waals surface area contributed by atoms with Crippen LogP contribution in [-0.4, -0.2) is 68.6 Å². The summed E-state index contributed by atoms with van der Waals surface area (Å²) in [5.74, 6) is 0.210. The highest BCUT2D eigenvalue weighted by Gasteiger charge is 2.23. The maximum Gasteiger partial charge on any atom is 0.277 e. The largest absolute Gasteiger partial charge is 0.344 e. The molecule has 1 aliphatic rings. The Morgan fingerprint density at radius 3 is 2.44 bits per heavy atom. The van der Waals surface area contributed by atoms with Crippen molar-refractivity contribution in [2.24, 2.45) is 0 Å². The number of carbonyl (C=O) groups is 2. The summed E-state index contributed by atoms with van der Waals surface area (Å²) in [6, 6.07) is 8.69. The Morgan fingerprint density at radius 1 is 1.06 bits per heavy atom. The first-order valence-electron chi connectivity index (χ1n) is 9.78. The number of rotatable bonds is 5. The van der Waals surface area contributed by atoms with E-state index >= 15 is 0 Å². The van der Waals surface area contributed by atoms with Gasteiger partial charge in [0.05, 0.1) is 17.9 Å². The number of nitrogens with zero attached hydrogens (tertiary/aromatic N) is 7. The molecule has 1 aromatic carbocycles. The van der Waals surface area contributed by atoms with E-state index in [0.29, 0.717) is 30.3 Å². The number of hydrogen-bond donors (Lipinski definition) is 1. The molecule has 166 valence electrons. The highest BCUT2D eigenvalue weighted by atomic mass is 19.3. The number of aryl methyl sites for hydroxylation is 1. The topological polar surface area (TPSA) is 109 Å². The number of halogens is 2. The lowest BCUT2D eigenvalue weighted by Gasteiger charge is -2.32. The molecule has 1 fully saturated rings. The van der Waals surface area contributed by atoms with Gasteiger partial charge in [-0.2, -0.15) is 0 Å². The number of piperazine rings is 1. The van der Waals surface area contributed by atoms with Crippen LogP contribution in [0.5, 0.6) is 0 Å². The fourth-order valence-corrected chi connectivity index (χ4v) is 3.25. The van der Waals surface area contributed by atoms with Gasteiger partial charge in [-0.1, -0.05) is 17.3 Å². The second-order valence-electron chi connectivity index (χ2n) is 7.30. The molecule has 1 N–H and O–H groups in total. The minimum Gasteiger partial charge on any atom is -0.344 e. The third kappa shape index (κ3) is 4.24. The summed E-state index contributed by atoms with van der Waals surface area (Å²) in [4.78, 5) is 28.2. The van der Waals surface area contributed by atoms with Crippen LogP contribution in [0.1, 0.15) is 28.2 Å². The molecule has 3 heterocycles. The van der Waals surface area contributed by atoms with Gasteiger partial charge in [0.2, 0.25) is 5.91 Å². The summed E-state index contributed by atoms with van der Waals surface area (Å²) < 4.78 is 26.9. The Morgan fingerprint density at radius 2 is 1.81 bits per heavy atom. The molecule has 4 rings (SSSR count). The maximum atomic E-state index is 12.9. The highest BCUT2D eigenvalue weighted by Crippen LogP contribution is 2.21. The molecule has 0 bridgehead atoms. The van der Waals surface area contributed by atoms with Crippen molar-refractivity contribution >= 4 is 23.5 Å². The fraction of sp³-hybridized carbons (Fsp3) is 0.300. The molecule has 1 saturated heterocycles. The number of alkyl halides is 2. The number of hydrogen-bond acceptors (Lipinski definition) is 7. The fourth-order valence-electron chi connectivity index (χ4n) is 3.25. The SMILES string of the molecule is Cc1nnn(-c2ccc(C(F)F)cc2)c1C(=O)Nc1ccc(N2CCN(C)C(=O)C2)nn1. The van der Waals surface area contributed by atoms with Gasteiger partial charge in [0, 0.05) is 25.7 Å². The van der Waals surface area contributed by atoms with Gasteiger partial charge < -0.3 is 15.1 Å². The Hall–Kier alpha value is -3.96. The van der Waals surface area contributed by atoms with Crippen LogP contribution in [0.25, 0.3) is 5.69 Å². The average molecular weight is 442 g/mol. The first kappa shape index (κ1) is 21.3. The lowest BCUT2D eigenvalue weighted by molar-refractivity contribution is -0.129. The van der Waals surface area contributed by atoms with Crippen molar-refractivity contribution in [3.05, 3.63) is 53.3 Å². The van der Waals surface area contributed by atoms with E-state index in [0.717, 1.165) is 0 Å². The van der Waals surface area contributed by atoms with E-state index in [4.69, 9.17) is 0 Å². The minimum atomic E-state index is -2.59. The van der Waals surface area contributed by atoms with Gasteiger partial charge >= 0.3 is 0 Å². The van der Waals surface area contributed by atoms with Gasteiger partial charge in [-0.3, -0.25) is 9.59 Å². The lowest BCUT2D eigenvalue weighted by Crippen LogP contribution is -2.48. The Balaban J connectivity index is 1.50. The van der Waals surface area contributed by atoms with E-state index in [1.165, 1.54) is 28.9 Å². The van der Waals surface area contributed by atoms with E-state index in [1.54, 1.807) is 31.0 Å². The molecule has 0 radical (unpaired) electrons. The Kier molecular flexibility index (Phi) is 5.75. The van der Waals surface area contributed by atoms with Gasteiger partial charge in [0.15, 0.2) is 17.3 Å². The summed E-state index contributed by atoms with van der Waals surface area (Å²) >= 11 is 0. The van der Waals surface area contributed by atoms with E-state index < -0.39 is 12.3 Å². The van der Waals surface area contributed by atoms with Crippen molar-refractivity contribution < 1.29 is 18.4 Å². The predicted octanol–water partition coefficient (Wildman–Crippen LogP) is 1.83. The van der Waals surface area contributed by atoms with E-state index in [2.05, 4.69) is 25.8 Å². The molecular weight excluding hydrogens is 422 g/mol. The molecule has 0 atom stereocenters. The molecule has 32 heavy (non-hydrogen) atoms. The van der Waals surface area contributed by atoms with Gasteiger partial charge in [0.1, 0.15) is 0 Å². The van der Waals surface area contributed by atoms with Crippen LogP contribution in [0.15, 0.2) is 36.4 Å². The molecule has 0 unspecified atom stereocenters. The van der Waals surface area contributed by atoms with Crippen molar-refractivity contribution in [2.45, 2.75) is 13.3 Å². The van der Waals surface area contributed by atoms with Crippen molar-refractivity contribution in [3.8, 4) is 5.69 Å². The summed E-state index contributed by atoms with van der Waals surface area (Å²) in [7, 11) is 1.75. The van der Waals surface area contributed by atoms with Crippen molar-refractivity contribution in [1.29, 1.82) is 0 Å². The van der Waals surface area contributed by atoms with Gasteiger partial charge in [-0.25, -0.2) is 13.5 Å². The van der Waals surface area contributed by atoms with Gasteiger partial charge in [-0.15, -0.1) is 15.3 Å². The standard InChI is InChI=1S/C20H20F2N8O2/c1-12-18(30(27-24-12)14-5-3-13(4-6-14)19(21)22)20(32)23-15-7-8-16(26-25-15)29-10-9-28(2)17(31)11-29/h3-8,19H,9-11H2,1-2H3,(H,23,25,32). The monoisotopic (exact) mass is 442 g/mol. The molecule has 2 aromatic heterocycles. The first-order valence-corrected chi connectivity index (χ1v) is 9.78. The Labute approximate surface area is 181 Å². The zero-order valence-corrected chi connectivity index (χ0v) is 17.4. The lowest BCUT2D eigenvalue weighted by atomic mass is 10.2. The quantitative estimate of drug-likeness (QED) is 0.642. The van der Waals surface area contributed by atoms with Crippen LogP contribution < -0.4 is 10.2 Å². The third-order valence-electron chi connectivity index (χ3n) is 5.12. The van der Waals surface area contributed by atoms with Crippen LogP contribution in [-0.2, 0) is 4.79 Å². The smallest absolute Gasteiger partial charge is 0.277 e. The maximum absolute atomic E-state index is 12.9. The Bertz CT molecular complexity index is 1130. The molecule has 0 spiro atoms. The molecule has 10 nitrogen and oxygen atoms in total. The summed E-state index contributed by atoms with van der Waals surface area (Å²) in [6.45, 7) is 3.06. The van der Waals surface area contributed by atoms with Crippen LogP contribution in [0.3, 0.4) is 0 Å². The number of carbonyl (C=O) groups excluding carboxylic acids is 2. The average Bonchev–Trinajstić information content (AvgIpc) is 3.18. The zero-order chi connectivity index (χ0) is 22.8. The van der Waals surface area contributed by atoms with Crippen molar-refractivity contribution in [1.82, 2.24) is 30.1 Å². The molecule has 0 saturated carbocycles. The van der Waals surface area contributed by atoms with E-state index in [9.17, 15) is 18.4 Å². The summed E-state index contributed by atoms with van der Waals surface area (Å²) in [5.41, 5.74) is 0.793. The summed E-state index contributed by atoms with van der Waals surface area (Å²) in [6.07, 6.45) is -2.59. The zero-order valence-electron chi connectivity index (χ0n) is 17.4. The number of likely N-dealkylation sites (N-methyl/N-ethyl adjacent to an activating group) is 1. The van der Waals surface area contributed by atoms with Crippen LogP contribution in [0.2, 0.25) is 0 Å². The molecule has 3 aromatic rings. The van der Waals surface area contributed by atoms with Crippen molar-refractivity contribution in [2.75, 3.05) is 36.9 Å². The number of benzene rings is 1. The highest BCUT2D eigenvalue weighted by molar-refractivity contribution is 6.03. The normalized spacial score (nSPS) is 14.2. The van der Waals surface area contributed by atoms with Crippen molar-refractivity contribution in [3.63, 3.8) is 0 Å². The molecule has 0 aliphatic carbocycles. The summed E-state index contributed by atoms with van der Waals surface area (Å²) in [5, 5.41) is 18.7. The number of amides is 2. The minimum absolute atomic E-state index is 0.00625. The van der Waals surface area contributed by atoms with E-state index in [-0.39, 0.29) is 29.5 Å². The number of anilines is 2. The first-order chi connectivity index (χ1) is 15.3. The molecule has 12 heteroatoms. The van der Waals surface area contributed by atoms with Gasteiger partial charge in [-0.05, 0) is 31.2 Å². The predicted molar refractivity (Wildman–Crippen MR) is 111 cm³/mol. The van der Waals surface area contributed by atoms with Crippen LogP contribution >= 0.6 is 0 Å². The molecule has 2 amide bonds. The molecule has 1 aliphatic heterocycles. The number of aromatic nitrogens is 5. The number of nitrogens with one attached hydrogen (secondary N) is 1. The molecular formula is C20H20F2N8O2. The third-order valence-corrected chi connectivity index (χ3v) is 5.12. The second-order valence-corrected chi connectivity index (χ2v) is 7.30. The van der Waals surface area contributed by atoms with Crippen LogP contribution in [0.4, 0.5) is 20.4 Å². The van der Waals surface area contributed by atoms with Gasteiger partial charge in [0.25, 0.3) is 12.3 Å².